The second-order valence-electron chi connectivity index (χ2n) is 8.40. The van der Waals surface area contributed by atoms with E-state index in [0.29, 0.717) is 23.9 Å². The molecule has 32 heavy (non-hydrogen) atoms. The van der Waals surface area contributed by atoms with Crippen LogP contribution in [0.2, 0.25) is 0 Å². The summed E-state index contributed by atoms with van der Waals surface area (Å²) in [4.78, 5) is 18.4. The van der Waals surface area contributed by atoms with E-state index in [1.54, 1.807) is 10.7 Å². The highest BCUT2D eigenvalue weighted by Crippen LogP contribution is 2.22. The van der Waals surface area contributed by atoms with E-state index in [-0.39, 0.29) is 6.10 Å². The Labute approximate surface area is 189 Å². The number of pyridine rings is 1. The maximum atomic E-state index is 6.13. The number of anilines is 2. The predicted octanol–water partition coefficient (Wildman–Crippen LogP) is 2.71. The standard InChI is InChI=1S/C23H34N8O/c1-5-19(6-2)32-23-27-20(24)22-26-15-18(31(22)28-23)13-17-12-16(4)21(25-14-17)30-10-8-29(7-3)9-11-30/h12,14-15,19H,5-11,13H2,1-4H3,(H2,24,27,28). The Kier molecular flexibility index (Phi) is 6.74. The van der Waals surface area contributed by atoms with Crippen molar-refractivity contribution < 1.29 is 4.74 Å². The number of fused-ring (bicyclic) bond motifs is 1. The van der Waals surface area contributed by atoms with Crippen molar-refractivity contribution in [3.63, 3.8) is 0 Å². The smallest absolute Gasteiger partial charge is 0.336 e. The first-order valence-corrected chi connectivity index (χ1v) is 11.6. The molecule has 0 aromatic carbocycles. The van der Waals surface area contributed by atoms with Crippen molar-refractivity contribution in [1.29, 1.82) is 0 Å². The molecular formula is C23H34N8O. The Morgan fingerprint density at radius 1 is 1.06 bits per heavy atom. The van der Waals surface area contributed by atoms with Crippen molar-refractivity contribution in [2.24, 2.45) is 0 Å². The van der Waals surface area contributed by atoms with Gasteiger partial charge in [0.1, 0.15) is 11.9 Å². The van der Waals surface area contributed by atoms with E-state index >= 15 is 0 Å². The highest BCUT2D eigenvalue weighted by atomic mass is 16.5. The van der Waals surface area contributed by atoms with Crippen LogP contribution in [-0.2, 0) is 6.42 Å². The molecule has 1 fully saturated rings. The lowest BCUT2D eigenvalue weighted by molar-refractivity contribution is 0.174. The number of nitrogen functional groups attached to an aromatic ring is 1. The van der Waals surface area contributed by atoms with Gasteiger partial charge in [-0.3, -0.25) is 0 Å². The molecule has 3 aromatic rings. The van der Waals surface area contributed by atoms with Gasteiger partial charge in [0, 0.05) is 38.8 Å². The van der Waals surface area contributed by atoms with Gasteiger partial charge in [-0.1, -0.05) is 26.8 Å². The van der Waals surface area contributed by atoms with Gasteiger partial charge in [0.25, 0.3) is 0 Å². The van der Waals surface area contributed by atoms with E-state index in [4.69, 9.17) is 15.5 Å². The van der Waals surface area contributed by atoms with Crippen molar-refractivity contribution in [3.8, 4) is 6.01 Å². The van der Waals surface area contributed by atoms with E-state index < -0.39 is 0 Å². The van der Waals surface area contributed by atoms with Crippen LogP contribution in [0.1, 0.15) is 50.4 Å². The first-order chi connectivity index (χ1) is 15.5. The van der Waals surface area contributed by atoms with Crippen molar-refractivity contribution in [3.05, 3.63) is 35.3 Å². The number of hydrogen-bond acceptors (Lipinski definition) is 8. The number of rotatable bonds is 8. The average molecular weight is 439 g/mol. The van der Waals surface area contributed by atoms with Crippen LogP contribution < -0.4 is 15.4 Å². The average Bonchev–Trinajstić information content (AvgIpc) is 3.21. The molecule has 9 nitrogen and oxygen atoms in total. The molecule has 0 aliphatic carbocycles. The SMILES string of the molecule is CCC(CC)Oc1nc(N)c2ncc(Cc3cnc(N4CCN(CC)CC4)c(C)c3)n2n1. The Morgan fingerprint density at radius 2 is 1.81 bits per heavy atom. The van der Waals surface area contributed by atoms with Crippen molar-refractivity contribution in [1.82, 2.24) is 29.5 Å². The van der Waals surface area contributed by atoms with Crippen LogP contribution in [0.25, 0.3) is 5.65 Å². The van der Waals surface area contributed by atoms with Crippen molar-refractivity contribution >= 4 is 17.3 Å². The first kappa shape index (κ1) is 22.3. The van der Waals surface area contributed by atoms with Gasteiger partial charge in [-0.15, -0.1) is 5.10 Å². The summed E-state index contributed by atoms with van der Waals surface area (Å²) >= 11 is 0. The number of ether oxygens (including phenoxy) is 1. The molecule has 3 aromatic heterocycles. The molecule has 1 aliphatic heterocycles. The normalized spacial score (nSPS) is 15.1. The maximum Gasteiger partial charge on any atom is 0.336 e. The minimum atomic E-state index is 0.0670. The van der Waals surface area contributed by atoms with Gasteiger partial charge >= 0.3 is 6.01 Å². The number of aryl methyl sites for hydroxylation is 1. The molecule has 2 N–H and O–H groups in total. The van der Waals surface area contributed by atoms with Gasteiger partial charge in [-0.2, -0.15) is 4.98 Å². The number of imidazole rings is 1. The molecule has 0 bridgehead atoms. The quantitative estimate of drug-likeness (QED) is 0.573. The van der Waals surface area contributed by atoms with Crippen LogP contribution in [-0.4, -0.2) is 68.3 Å². The first-order valence-electron chi connectivity index (χ1n) is 11.6. The van der Waals surface area contributed by atoms with Crippen LogP contribution in [0.3, 0.4) is 0 Å². The minimum Gasteiger partial charge on any atom is -0.459 e. The highest BCUT2D eigenvalue weighted by molar-refractivity contribution is 5.60. The largest absolute Gasteiger partial charge is 0.459 e. The van der Waals surface area contributed by atoms with E-state index in [1.165, 1.54) is 5.56 Å². The number of likely N-dealkylation sites (N-methyl/N-ethyl adjacent to an activating group) is 1. The second-order valence-corrected chi connectivity index (χ2v) is 8.40. The minimum absolute atomic E-state index is 0.0670. The zero-order chi connectivity index (χ0) is 22.7. The van der Waals surface area contributed by atoms with Crippen molar-refractivity contribution in [2.75, 3.05) is 43.4 Å². The predicted molar refractivity (Wildman–Crippen MR) is 126 cm³/mol. The Bertz CT molecular complexity index is 1050. The van der Waals surface area contributed by atoms with E-state index in [0.717, 1.165) is 62.6 Å². The number of nitrogens with zero attached hydrogens (tertiary/aromatic N) is 7. The Balaban J connectivity index is 1.54. The van der Waals surface area contributed by atoms with Gasteiger partial charge in [0.15, 0.2) is 11.5 Å². The molecule has 0 atom stereocenters. The molecule has 0 spiro atoms. The van der Waals surface area contributed by atoms with E-state index in [1.807, 2.05) is 6.20 Å². The lowest BCUT2D eigenvalue weighted by atomic mass is 10.1. The van der Waals surface area contributed by atoms with Crippen LogP contribution in [0.5, 0.6) is 6.01 Å². The number of nitrogens with two attached hydrogens (primary N) is 1. The molecule has 9 heteroatoms. The summed E-state index contributed by atoms with van der Waals surface area (Å²) in [6.07, 6.45) is 6.25. The molecule has 0 unspecified atom stereocenters. The molecule has 172 valence electrons. The molecule has 4 rings (SSSR count). The van der Waals surface area contributed by atoms with Gasteiger partial charge in [0.2, 0.25) is 0 Å². The van der Waals surface area contributed by atoms with Crippen LogP contribution in [0.15, 0.2) is 18.5 Å². The zero-order valence-electron chi connectivity index (χ0n) is 19.6. The fraction of sp³-hybridized carbons (Fsp3) is 0.565. The zero-order valence-corrected chi connectivity index (χ0v) is 19.6. The molecule has 0 saturated carbocycles. The molecule has 1 aliphatic rings. The molecule has 0 radical (unpaired) electrons. The molecule has 0 amide bonds. The molecular weight excluding hydrogens is 404 g/mol. The highest BCUT2D eigenvalue weighted by Gasteiger charge is 2.19. The third-order valence-electron chi connectivity index (χ3n) is 6.23. The van der Waals surface area contributed by atoms with Crippen LogP contribution in [0.4, 0.5) is 11.6 Å². The third-order valence-corrected chi connectivity index (χ3v) is 6.23. The molecule has 4 heterocycles. The third kappa shape index (κ3) is 4.62. The Hall–Kier alpha value is -2.94. The van der Waals surface area contributed by atoms with E-state index in [9.17, 15) is 0 Å². The van der Waals surface area contributed by atoms with Crippen LogP contribution in [0, 0.1) is 6.92 Å². The van der Waals surface area contributed by atoms with Gasteiger partial charge in [-0.25, -0.2) is 14.5 Å². The monoisotopic (exact) mass is 438 g/mol. The summed E-state index contributed by atoms with van der Waals surface area (Å²) in [5, 5.41) is 4.56. The number of piperazine rings is 1. The summed E-state index contributed by atoms with van der Waals surface area (Å²) in [7, 11) is 0. The fourth-order valence-corrected chi connectivity index (χ4v) is 4.24. The number of aromatic nitrogens is 5. The molecule has 1 saturated heterocycles. The lowest BCUT2D eigenvalue weighted by Gasteiger charge is -2.35. The van der Waals surface area contributed by atoms with Gasteiger partial charge < -0.3 is 20.3 Å². The van der Waals surface area contributed by atoms with Crippen LogP contribution >= 0.6 is 0 Å². The number of hydrogen-bond donors (Lipinski definition) is 1. The maximum absolute atomic E-state index is 6.13. The Morgan fingerprint density at radius 3 is 2.47 bits per heavy atom. The second kappa shape index (κ2) is 9.68. The summed E-state index contributed by atoms with van der Waals surface area (Å²) in [5.74, 6) is 1.40. The summed E-state index contributed by atoms with van der Waals surface area (Å²) in [6, 6.07) is 2.50. The summed E-state index contributed by atoms with van der Waals surface area (Å²) in [6.45, 7) is 13.8. The topological polar surface area (TPSA) is 97.7 Å². The summed E-state index contributed by atoms with van der Waals surface area (Å²) in [5.41, 5.74) is 9.91. The van der Waals surface area contributed by atoms with Gasteiger partial charge in [-0.05, 0) is 37.4 Å². The fourth-order valence-electron chi connectivity index (χ4n) is 4.24. The summed E-state index contributed by atoms with van der Waals surface area (Å²) < 4.78 is 7.67. The van der Waals surface area contributed by atoms with E-state index in [2.05, 4.69) is 58.6 Å². The van der Waals surface area contributed by atoms with Crippen molar-refractivity contribution in [2.45, 2.75) is 53.1 Å². The lowest BCUT2D eigenvalue weighted by Crippen LogP contribution is -2.46. The van der Waals surface area contributed by atoms with Gasteiger partial charge in [0.05, 0.1) is 11.9 Å².